The minimum absolute atomic E-state index is 0.0465. The minimum atomic E-state index is -4.00. The number of benzene rings is 1. The van der Waals surface area contributed by atoms with Crippen molar-refractivity contribution in [3.05, 3.63) is 29.8 Å². The third kappa shape index (κ3) is 2.01. The normalized spacial score (nSPS) is 16.2. The zero-order valence-corrected chi connectivity index (χ0v) is 9.73. The van der Waals surface area contributed by atoms with Gasteiger partial charge in [0.15, 0.2) is 0 Å². The molecule has 1 aliphatic rings. The van der Waals surface area contributed by atoms with Crippen molar-refractivity contribution in [2.75, 3.05) is 6.54 Å². The van der Waals surface area contributed by atoms with Crippen molar-refractivity contribution in [2.24, 2.45) is 0 Å². The van der Waals surface area contributed by atoms with Gasteiger partial charge < -0.3 is 4.74 Å². The van der Waals surface area contributed by atoms with Gasteiger partial charge in [-0.3, -0.25) is 0 Å². The summed E-state index contributed by atoms with van der Waals surface area (Å²) in [5.74, 6) is -0.870. The summed E-state index contributed by atoms with van der Waals surface area (Å²) in [7, 11) is -4.00. The van der Waals surface area contributed by atoms with E-state index in [2.05, 4.69) is 4.74 Å². The Hall–Kier alpha value is -1.89. The predicted octanol–water partition coefficient (Wildman–Crippen LogP) is 0.663. The first-order chi connectivity index (χ1) is 7.91. The fraction of sp³-hybridized carbons (Fsp3) is 0.200. The monoisotopic (exact) mass is 255 g/mol. The molecular formula is C10H9NO5S. The quantitative estimate of drug-likeness (QED) is 0.573. The molecule has 1 aliphatic heterocycles. The SMILES string of the molecule is Cc1ccc(S(=O)(=O)N2CC(=O)OC2=O)cc1. The van der Waals surface area contributed by atoms with Gasteiger partial charge in [0.05, 0.1) is 4.90 Å². The van der Waals surface area contributed by atoms with Gasteiger partial charge in [0.25, 0.3) is 10.0 Å². The highest BCUT2D eigenvalue weighted by Gasteiger charge is 2.39. The molecule has 1 aromatic rings. The van der Waals surface area contributed by atoms with Crippen molar-refractivity contribution < 1.29 is 22.7 Å². The van der Waals surface area contributed by atoms with Gasteiger partial charge in [-0.05, 0) is 19.1 Å². The van der Waals surface area contributed by atoms with E-state index >= 15 is 0 Å². The van der Waals surface area contributed by atoms with Gasteiger partial charge in [-0.2, -0.15) is 4.31 Å². The van der Waals surface area contributed by atoms with Crippen LogP contribution in [0.3, 0.4) is 0 Å². The maximum atomic E-state index is 12.0. The second kappa shape index (κ2) is 3.85. The molecule has 7 heteroatoms. The summed E-state index contributed by atoms with van der Waals surface area (Å²) in [5, 5.41) is 0. The summed E-state index contributed by atoms with van der Waals surface area (Å²) in [6.45, 7) is 1.24. The number of ether oxygens (including phenoxy) is 1. The van der Waals surface area contributed by atoms with Crippen LogP contribution in [0.15, 0.2) is 29.2 Å². The molecule has 1 saturated heterocycles. The molecule has 0 aliphatic carbocycles. The standard InChI is InChI=1S/C10H9NO5S/c1-7-2-4-8(5-3-7)17(14,15)11-6-9(12)16-10(11)13/h2-5H,6H2,1H3. The van der Waals surface area contributed by atoms with Crippen LogP contribution in [0.4, 0.5) is 4.79 Å². The van der Waals surface area contributed by atoms with Crippen molar-refractivity contribution in [3.63, 3.8) is 0 Å². The lowest BCUT2D eigenvalue weighted by molar-refractivity contribution is -0.132. The Balaban J connectivity index is 2.40. The van der Waals surface area contributed by atoms with Crippen molar-refractivity contribution >= 4 is 22.1 Å². The number of sulfonamides is 1. The van der Waals surface area contributed by atoms with Crippen LogP contribution in [0.2, 0.25) is 0 Å². The van der Waals surface area contributed by atoms with Crippen LogP contribution in [0.25, 0.3) is 0 Å². The van der Waals surface area contributed by atoms with Gasteiger partial charge in [-0.15, -0.1) is 0 Å². The van der Waals surface area contributed by atoms with Crippen LogP contribution in [0.1, 0.15) is 5.56 Å². The maximum absolute atomic E-state index is 12.0. The highest BCUT2D eigenvalue weighted by atomic mass is 32.2. The molecule has 0 bridgehead atoms. The molecule has 0 unspecified atom stereocenters. The summed E-state index contributed by atoms with van der Waals surface area (Å²) in [5.41, 5.74) is 0.893. The van der Waals surface area contributed by atoms with E-state index < -0.39 is 28.6 Å². The highest BCUT2D eigenvalue weighted by Crippen LogP contribution is 2.20. The molecule has 90 valence electrons. The summed E-state index contributed by atoms with van der Waals surface area (Å²) >= 11 is 0. The number of carbonyl (C=O) groups is 2. The Bertz CT molecular complexity index is 575. The fourth-order valence-electron chi connectivity index (χ4n) is 1.38. The molecule has 1 aromatic carbocycles. The Morgan fingerprint density at radius 1 is 1.18 bits per heavy atom. The number of hydrogen-bond donors (Lipinski definition) is 0. The molecule has 0 saturated carbocycles. The van der Waals surface area contributed by atoms with Crippen LogP contribution < -0.4 is 0 Å². The van der Waals surface area contributed by atoms with Gasteiger partial charge in [0.2, 0.25) is 0 Å². The smallest absolute Gasteiger partial charge is 0.374 e. The number of carbonyl (C=O) groups excluding carboxylic acids is 2. The Labute approximate surface area is 97.8 Å². The Morgan fingerprint density at radius 3 is 2.24 bits per heavy atom. The molecule has 17 heavy (non-hydrogen) atoms. The van der Waals surface area contributed by atoms with E-state index in [-0.39, 0.29) is 4.90 Å². The number of nitrogens with zero attached hydrogens (tertiary/aromatic N) is 1. The molecule has 0 aromatic heterocycles. The van der Waals surface area contributed by atoms with Crippen molar-refractivity contribution in [1.29, 1.82) is 0 Å². The van der Waals surface area contributed by atoms with E-state index in [1.165, 1.54) is 12.1 Å². The summed E-state index contributed by atoms with van der Waals surface area (Å²) in [6.07, 6.45) is -1.16. The lowest BCUT2D eigenvalue weighted by atomic mass is 10.2. The zero-order valence-electron chi connectivity index (χ0n) is 8.91. The van der Waals surface area contributed by atoms with E-state index in [1.54, 1.807) is 12.1 Å². The topological polar surface area (TPSA) is 80.8 Å². The van der Waals surface area contributed by atoms with Crippen LogP contribution >= 0.6 is 0 Å². The molecule has 2 rings (SSSR count). The number of amides is 1. The number of hydrogen-bond acceptors (Lipinski definition) is 5. The number of aryl methyl sites for hydroxylation is 1. The van der Waals surface area contributed by atoms with Crippen molar-refractivity contribution in [2.45, 2.75) is 11.8 Å². The van der Waals surface area contributed by atoms with Gasteiger partial charge in [-0.25, -0.2) is 18.0 Å². The van der Waals surface area contributed by atoms with Gasteiger partial charge in [-0.1, -0.05) is 17.7 Å². The fourth-order valence-corrected chi connectivity index (χ4v) is 2.63. The largest absolute Gasteiger partial charge is 0.432 e. The molecule has 0 N–H and O–H groups in total. The third-order valence-corrected chi connectivity index (χ3v) is 4.01. The molecule has 0 radical (unpaired) electrons. The summed E-state index contributed by atoms with van der Waals surface area (Å²) in [6, 6.07) is 5.97. The predicted molar refractivity (Wildman–Crippen MR) is 56.6 cm³/mol. The lowest BCUT2D eigenvalue weighted by Crippen LogP contribution is -2.32. The highest BCUT2D eigenvalue weighted by molar-refractivity contribution is 7.89. The Kier molecular flexibility index (Phi) is 2.62. The van der Waals surface area contributed by atoms with Gasteiger partial charge >= 0.3 is 12.1 Å². The van der Waals surface area contributed by atoms with Crippen molar-refractivity contribution in [1.82, 2.24) is 4.31 Å². The first-order valence-corrected chi connectivity index (χ1v) is 6.19. The number of esters is 1. The molecule has 1 fully saturated rings. The minimum Gasteiger partial charge on any atom is -0.374 e. The lowest BCUT2D eigenvalue weighted by Gasteiger charge is -2.12. The van der Waals surface area contributed by atoms with Crippen LogP contribution in [-0.4, -0.2) is 31.3 Å². The van der Waals surface area contributed by atoms with E-state index in [1.807, 2.05) is 6.92 Å². The first kappa shape index (κ1) is 11.6. The molecule has 1 heterocycles. The third-order valence-electron chi connectivity index (χ3n) is 2.29. The van der Waals surface area contributed by atoms with Gasteiger partial charge in [0, 0.05) is 0 Å². The van der Waals surface area contributed by atoms with Crippen LogP contribution in [0.5, 0.6) is 0 Å². The molecule has 0 atom stereocenters. The van der Waals surface area contributed by atoms with E-state index in [9.17, 15) is 18.0 Å². The van der Waals surface area contributed by atoms with E-state index in [0.717, 1.165) is 5.56 Å². The average Bonchev–Trinajstić information content (AvgIpc) is 2.59. The van der Waals surface area contributed by atoms with Gasteiger partial charge in [0.1, 0.15) is 6.54 Å². The molecular weight excluding hydrogens is 246 g/mol. The summed E-state index contributed by atoms with van der Waals surface area (Å²) < 4.78 is 28.5. The number of rotatable bonds is 2. The second-order valence-electron chi connectivity index (χ2n) is 3.56. The maximum Gasteiger partial charge on any atom is 0.432 e. The zero-order chi connectivity index (χ0) is 12.6. The van der Waals surface area contributed by atoms with Crippen LogP contribution in [-0.2, 0) is 19.6 Å². The summed E-state index contributed by atoms with van der Waals surface area (Å²) in [4.78, 5) is 22.0. The first-order valence-electron chi connectivity index (χ1n) is 4.75. The van der Waals surface area contributed by atoms with E-state index in [4.69, 9.17) is 0 Å². The second-order valence-corrected chi connectivity index (χ2v) is 5.43. The van der Waals surface area contributed by atoms with E-state index in [0.29, 0.717) is 4.31 Å². The Morgan fingerprint density at radius 2 is 1.76 bits per heavy atom. The molecule has 0 spiro atoms. The molecule has 6 nitrogen and oxygen atoms in total. The number of cyclic esters (lactones) is 2. The average molecular weight is 255 g/mol. The van der Waals surface area contributed by atoms with Crippen molar-refractivity contribution in [3.8, 4) is 0 Å². The van der Waals surface area contributed by atoms with Crippen LogP contribution in [0, 0.1) is 6.92 Å². The molecule has 1 amide bonds.